The molecule has 4 N–H and O–H groups in total. The first-order valence-corrected chi connectivity index (χ1v) is 7.34. The minimum absolute atomic E-state index is 0.0616. The van der Waals surface area contributed by atoms with Crippen molar-refractivity contribution in [1.29, 1.82) is 0 Å². The number of hydrogen-bond donors (Lipinski definition) is 3. The van der Waals surface area contributed by atoms with Gasteiger partial charge in [-0.2, -0.15) is 5.10 Å². The highest BCUT2D eigenvalue weighted by Gasteiger charge is 2.28. The second-order valence-corrected chi connectivity index (χ2v) is 5.84. The van der Waals surface area contributed by atoms with Gasteiger partial charge < -0.3 is 11.1 Å². The molecule has 1 aromatic heterocycles. The minimum Gasteiger partial charge on any atom is -0.348 e. The highest BCUT2D eigenvalue weighted by molar-refractivity contribution is 5.92. The summed E-state index contributed by atoms with van der Waals surface area (Å²) in [6.45, 7) is 0.652. The molecule has 2 aliphatic carbocycles. The Kier molecular flexibility index (Phi) is 3.55. The van der Waals surface area contributed by atoms with Crippen LogP contribution in [0.2, 0.25) is 0 Å². The summed E-state index contributed by atoms with van der Waals surface area (Å²) in [6, 6.07) is 2.11. The first-order valence-electron chi connectivity index (χ1n) is 7.34. The van der Waals surface area contributed by atoms with Gasteiger partial charge in [0.2, 0.25) is 0 Å². The molecule has 2 unspecified atom stereocenters. The van der Waals surface area contributed by atoms with Crippen LogP contribution in [-0.2, 0) is 0 Å². The van der Waals surface area contributed by atoms with E-state index in [4.69, 9.17) is 5.73 Å². The number of carbonyl (C=O) groups excluding carboxylic acids is 1. The van der Waals surface area contributed by atoms with Crippen molar-refractivity contribution >= 4 is 5.91 Å². The smallest absolute Gasteiger partial charge is 0.272 e. The molecule has 1 amide bonds. The van der Waals surface area contributed by atoms with Crippen LogP contribution in [0.3, 0.4) is 0 Å². The second-order valence-electron chi connectivity index (χ2n) is 5.84. The molecule has 5 nitrogen and oxygen atoms in total. The van der Waals surface area contributed by atoms with E-state index in [1.165, 1.54) is 25.7 Å². The highest BCUT2D eigenvalue weighted by atomic mass is 16.2. The van der Waals surface area contributed by atoms with Crippen molar-refractivity contribution in [3.63, 3.8) is 0 Å². The summed E-state index contributed by atoms with van der Waals surface area (Å²) in [7, 11) is 0. The summed E-state index contributed by atoms with van der Waals surface area (Å²) in [4.78, 5) is 12.2. The number of carbonyl (C=O) groups is 1. The maximum Gasteiger partial charge on any atom is 0.272 e. The monoisotopic (exact) mass is 262 g/mol. The van der Waals surface area contributed by atoms with Gasteiger partial charge in [-0.05, 0) is 44.2 Å². The molecule has 19 heavy (non-hydrogen) atoms. The molecule has 0 bridgehead atoms. The van der Waals surface area contributed by atoms with Crippen molar-refractivity contribution in [2.75, 3.05) is 6.54 Å². The fourth-order valence-corrected chi connectivity index (χ4v) is 2.98. The third-order valence-electron chi connectivity index (χ3n) is 4.38. The van der Waals surface area contributed by atoms with Gasteiger partial charge in [-0.25, -0.2) is 0 Å². The maximum atomic E-state index is 12.2. The molecular weight excluding hydrogens is 240 g/mol. The van der Waals surface area contributed by atoms with E-state index in [0.717, 1.165) is 18.5 Å². The van der Waals surface area contributed by atoms with Gasteiger partial charge >= 0.3 is 0 Å². The molecule has 0 aromatic carbocycles. The van der Waals surface area contributed by atoms with E-state index in [9.17, 15) is 4.79 Å². The molecule has 0 aliphatic heterocycles. The lowest BCUT2D eigenvalue weighted by Gasteiger charge is -2.31. The fraction of sp³-hybridized carbons (Fsp3) is 0.714. The summed E-state index contributed by atoms with van der Waals surface area (Å²) in [5.41, 5.74) is 7.41. The lowest BCUT2D eigenvalue weighted by atomic mass is 9.84. The van der Waals surface area contributed by atoms with E-state index in [2.05, 4.69) is 15.5 Å². The SMILES string of the molecule is NCC1CCCCC1NC(=O)c1cc(C2CC2)[nH]n1. The Morgan fingerprint density at radius 2 is 2.16 bits per heavy atom. The van der Waals surface area contributed by atoms with E-state index in [0.29, 0.717) is 24.1 Å². The van der Waals surface area contributed by atoms with Gasteiger partial charge in [0.05, 0.1) is 0 Å². The van der Waals surface area contributed by atoms with Crippen LogP contribution in [0.1, 0.15) is 60.6 Å². The molecule has 0 spiro atoms. The quantitative estimate of drug-likeness (QED) is 0.769. The molecule has 2 saturated carbocycles. The standard InChI is InChI=1S/C14H22N4O/c15-8-10-3-1-2-4-11(10)16-14(19)13-7-12(17-18-13)9-5-6-9/h7,9-11H,1-6,8,15H2,(H,16,19)(H,17,18). The number of nitrogens with one attached hydrogen (secondary N) is 2. The van der Waals surface area contributed by atoms with E-state index < -0.39 is 0 Å². The van der Waals surface area contributed by atoms with Gasteiger partial charge in [-0.15, -0.1) is 0 Å². The first kappa shape index (κ1) is 12.7. The predicted molar refractivity (Wildman–Crippen MR) is 72.8 cm³/mol. The number of H-pyrrole nitrogens is 1. The number of hydrogen-bond acceptors (Lipinski definition) is 3. The molecule has 3 rings (SSSR count). The average Bonchev–Trinajstić information content (AvgIpc) is 3.17. The lowest BCUT2D eigenvalue weighted by molar-refractivity contribution is 0.0903. The molecule has 2 atom stereocenters. The van der Waals surface area contributed by atoms with E-state index in [1.807, 2.05) is 6.07 Å². The molecule has 0 saturated heterocycles. The number of nitrogens with two attached hydrogens (primary N) is 1. The molecule has 2 aliphatic rings. The van der Waals surface area contributed by atoms with Gasteiger partial charge in [0.15, 0.2) is 0 Å². The number of amides is 1. The van der Waals surface area contributed by atoms with Gasteiger partial charge in [0.1, 0.15) is 5.69 Å². The summed E-state index contributed by atoms with van der Waals surface area (Å²) >= 11 is 0. The van der Waals surface area contributed by atoms with Crippen molar-refractivity contribution in [3.8, 4) is 0 Å². The predicted octanol–water partition coefficient (Wildman–Crippen LogP) is 1.53. The molecule has 5 heteroatoms. The molecule has 104 valence electrons. The summed E-state index contributed by atoms with van der Waals surface area (Å²) in [5.74, 6) is 0.952. The van der Waals surface area contributed by atoms with Crippen LogP contribution < -0.4 is 11.1 Å². The zero-order chi connectivity index (χ0) is 13.2. The van der Waals surface area contributed by atoms with Crippen LogP contribution in [0.4, 0.5) is 0 Å². The Morgan fingerprint density at radius 1 is 1.37 bits per heavy atom. The van der Waals surface area contributed by atoms with Crippen LogP contribution in [0.5, 0.6) is 0 Å². The van der Waals surface area contributed by atoms with Crippen molar-refractivity contribution in [2.45, 2.75) is 50.5 Å². The van der Waals surface area contributed by atoms with E-state index in [1.54, 1.807) is 0 Å². The Balaban J connectivity index is 1.62. The summed E-state index contributed by atoms with van der Waals surface area (Å²) < 4.78 is 0. The van der Waals surface area contributed by atoms with E-state index in [-0.39, 0.29) is 11.9 Å². The Hall–Kier alpha value is -1.36. The van der Waals surface area contributed by atoms with Crippen LogP contribution in [0.25, 0.3) is 0 Å². The first-order chi connectivity index (χ1) is 9.28. The Bertz CT molecular complexity index is 452. The normalized spacial score (nSPS) is 27.2. The van der Waals surface area contributed by atoms with Gasteiger partial charge in [-0.1, -0.05) is 12.8 Å². The van der Waals surface area contributed by atoms with Crippen LogP contribution in [0, 0.1) is 5.92 Å². The molecular formula is C14H22N4O. The third kappa shape index (κ3) is 2.81. The van der Waals surface area contributed by atoms with Crippen LogP contribution in [-0.4, -0.2) is 28.7 Å². The second kappa shape index (κ2) is 5.33. The number of aromatic amines is 1. The summed E-state index contributed by atoms with van der Waals surface area (Å²) in [6.07, 6.45) is 6.98. The maximum absolute atomic E-state index is 12.2. The Morgan fingerprint density at radius 3 is 2.89 bits per heavy atom. The largest absolute Gasteiger partial charge is 0.348 e. The third-order valence-corrected chi connectivity index (χ3v) is 4.38. The van der Waals surface area contributed by atoms with Gasteiger partial charge in [0, 0.05) is 17.7 Å². The fourth-order valence-electron chi connectivity index (χ4n) is 2.98. The Labute approximate surface area is 113 Å². The van der Waals surface area contributed by atoms with Gasteiger partial charge in [0.25, 0.3) is 5.91 Å². The zero-order valence-electron chi connectivity index (χ0n) is 11.2. The zero-order valence-corrected chi connectivity index (χ0v) is 11.2. The van der Waals surface area contributed by atoms with Gasteiger partial charge in [-0.3, -0.25) is 9.89 Å². The van der Waals surface area contributed by atoms with Crippen molar-refractivity contribution in [2.24, 2.45) is 11.7 Å². The minimum atomic E-state index is -0.0616. The molecule has 1 aromatic rings. The van der Waals surface area contributed by atoms with E-state index >= 15 is 0 Å². The average molecular weight is 262 g/mol. The lowest BCUT2D eigenvalue weighted by Crippen LogP contribution is -2.44. The van der Waals surface area contributed by atoms with Crippen molar-refractivity contribution in [3.05, 3.63) is 17.5 Å². The molecule has 2 fully saturated rings. The van der Waals surface area contributed by atoms with Crippen LogP contribution >= 0.6 is 0 Å². The van der Waals surface area contributed by atoms with Crippen LogP contribution in [0.15, 0.2) is 6.07 Å². The molecule has 1 heterocycles. The van der Waals surface area contributed by atoms with Crippen molar-refractivity contribution in [1.82, 2.24) is 15.5 Å². The number of rotatable bonds is 4. The topological polar surface area (TPSA) is 83.8 Å². The number of nitrogens with zero attached hydrogens (tertiary/aromatic N) is 1. The highest BCUT2D eigenvalue weighted by Crippen LogP contribution is 2.39. The summed E-state index contributed by atoms with van der Waals surface area (Å²) in [5, 5.41) is 10.2. The van der Waals surface area contributed by atoms with Crippen molar-refractivity contribution < 1.29 is 4.79 Å². The number of aromatic nitrogens is 2. The molecule has 0 radical (unpaired) electrons.